The number of benzene rings is 1. The van der Waals surface area contributed by atoms with E-state index in [1.54, 1.807) is 6.92 Å². The molecule has 1 atom stereocenters. The average Bonchev–Trinajstić information content (AvgIpc) is 3.03. The molecular formula is C21H30FN3O4S. The highest BCUT2D eigenvalue weighted by atomic mass is 32.2. The van der Waals surface area contributed by atoms with Crippen LogP contribution in [-0.2, 0) is 19.6 Å². The molecule has 2 amide bonds. The van der Waals surface area contributed by atoms with Gasteiger partial charge in [0.25, 0.3) is 0 Å². The number of halogens is 1. The maximum Gasteiger partial charge on any atom is 0.244 e. The molecule has 2 fully saturated rings. The first-order valence-corrected chi connectivity index (χ1v) is 12.1. The number of piperidine rings is 1. The monoisotopic (exact) mass is 439 g/mol. The van der Waals surface area contributed by atoms with Crippen molar-refractivity contribution < 1.29 is 22.4 Å². The fraction of sp³-hybridized carbons (Fsp3) is 0.619. The fourth-order valence-corrected chi connectivity index (χ4v) is 5.54. The molecule has 30 heavy (non-hydrogen) atoms. The number of carbonyl (C=O) groups excluding carboxylic acids is 2. The summed E-state index contributed by atoms with van der Waals surface area (Å²) in [5, 5.41) is 2.82. The zero-order chi connectivity index (χ0) is 21.7. The topological polar surface area (TPSA) is 86.8 Å². The highest BCUT2D eigenvalue weighted by molar-refractivity contribution is 7.89. The van der Waals surface area contributed by atoms with Crippen LogP contribution in [0.25, 0.3) is 0 Å². The molecule has 7 nitrogen and oxygen atoms in total. The minimum atomic E-state index is -3.71. The van der Waals surface area contributed by atoms with Crippen molar-refractivity contribution in [3.63, 3.8) is 0 Å². The summed E-state index contributed by atoms with van der Waals surface area (Å²) in [6.07, 6.45) is 5.02. The van der Waals surface area contributed by atoms with Gasteiger partial charge in [0.05, 0.1) is 4.90 Å². The van der Waals surface area contributed by atoms with Gasteiger partial charge in [-0.3, -0.25) is 9.59 Å². The minimum Gasteiger partial charge on any atom is -0.344 e. The van der Waals surface area contributed by atoms with Gasteiger partial charge in [0.2, 0.25) is 21.8 Å². The van der Waals surface area contributed by atoms with E-state index in [0.29, 0.717) is 12.8 Å². The van der Waals surface area contributed by atoms with Crippen molar-refractivity contribution in [3.05, 3.63) is 30.1 Å². The van der Waals surface area contributed by atoms with Crippen molar-refractivity contribution in [2.75, 3.05) is 26.2 Å². The van der Waals surface area contributed by atoms with Crippen LogP contribution in [0.1, 0.15) is 45.4 Å². The normalized spacial score (nSPS) is 20.4. The van der Waals surface area contributed by atoms with Crippen LogP contribution in [-0.4, -0.2) is 61.7 Å². The van der Waals surface area contributed by atoms with E-state index < -0.39 is 21.9 Å². The van der Waals surface area contributed by atoms with Crippen molar-refractivity contribution in [2.24, 2.45) is 5.92 Å². The van der Waals surface area contributed by atoms with Crippen molar-refractivity contribution >= 4 is 21.8 Å². The van der Waals surface area contributed by atoms with Gasteiger partial charge in [0.15, 0.2) is 0 Å². The Bertz CT molecular complexity index is 844. The molecule has 3 rings (SSSR count). The zero-order valence-electron chi connectivity index (χ0n) is 17.3. The van der Waals surface area contributed by atoms with Gasteiger partial charge in [-0.05, 0) is 56.9 Å². The second kappa shape index (κ2) is 9.87. The molecule has 2 heterocycles. The maximum atomic E-state index is 13.1. The van der Waals surface area contributed by atoms with Gasteiger partial charge in [-0.25, -0.2) is 12.8 Å². The third-order valence-electron chi connectivity index (χ3n) is 5.92. The standard InChI is InChI=1S/C21H30FN3O4S/c1-16(21(27)24-12-4-2-3-5-13-24)23-20(26)17-10-14-25(15-11-17)30(28,29)19-8-6-18(22)7-9-19/h6-9,16-17H,2-5,10-15H2,1H3,(H,23,26)/t16-/m0/s1. The third-order valence-corrected chi connectivity index (χ3v) is 7.84. The number of sulfonamides is 1. The Kier molecular flexibility index (Phi) is 7.46. The maximum absolute atomic E-state index is 13.1. The molecule has 9 heteroatoms. The summed E-state index contributed by atoms with van der Waals surface area (Å²) < 4.78 is 39.8. The first-order chi connectivity index (χ1) is 14.3. The van der Waals surface area contributed by atoms with Gasteiger partial charge in [-0.15, -0.1) is 0 Å². The highest BCUT2D eigenvalue weighted by Crippen LogP contribution is 2.24. The molecular weight excluding hydrogens is 409 g/mol. The molecule has 1 aromatic rings. The predicted octanol–water partition coefficient (Wildman–Crippen LogP) is 2.13. The molecule has 0 aliphatic carbocycles. The van der Waals surface area contributed by atoms with E-state index in [0.717, 1.165) is 50.9 Å². The first kappa shape index (κ1) is 22.7. The molecule has 0 saturated carbocycles. The first-order valence-electron chi connectivity index (χ1n) is 10.6. The van der Waals surface area contributed by atoms with Crippen LogP contribution in [0.15, 0.2) is 29.2 Å². The Morgan fingerprint density at radius 3 is 2.13 bits per heavy atom. The number of carbonyl (C=O) groups is 2. The summed E-state index contributed by atoms with van der Waals surface area (Å²) in [6.45, 7) is 3.61. The number of nitrogens with zero attached hydrogens (tertiary/aromatic N) is 2. The summed E-state index contributed by atoms with van der Waals surface area (Å²) in [6, 6.07) is 4.15. The smallest absolute Gasteiger partial charge is 0.244 e. The molecule has 1 aromatic carbocycles. The minimum absolute atomic E-state index is 0.0449. The molecule has 0 radical (unpaired) electrons. The second-order valence-electron chi connectivity index (χ2n) is 8.10. The number of amides is 2. The molecule has 2 aliphatic heterocycles. The molecule has 0 aromatic heterocycles. The lowest BCUT2D eigenvalue weighted by atomic mass is 9.97. The van der Waals surface area contributed by atoms with Crippen molar-refractivity contribution in [3.8, 4) is 0 Å². The van der Waals surface area contributed by atoms with Gasteiger partial charge >= 0.3 is 0 Å². The van der Waals surface area contributed by atoms with E-state index >= 15 is 0 Å². The van der Waals surface area contributed by atoms with E-state index in [2.05, 4.69) is 5.32 Å². The van der Waals surface area contributed by atoms with Crippen LogP contribution in [0.3, 0.4) is 0 Å². The molecule has 2 aliphatic rings. The third kappa shape index (κ3) is 5.37. The molecule has 0 unspecified atom stereocenters. The Labute approximate surface area is 177 Å². The lowest BCUT2D eigenvalue weighted by Gasteiger charge is -2.31. The summed E-state index contributed by atoms with van der Waals surface area (Å²) in [5.74, 6) is -1.08. The molecule has 166 valence electrons. The fourth-order valence-electron chi connectivity index (χ4n) is 4.07. The van der Waals surface area contributed by atoms with E-state index in [4.69, 9.17) is 0 Å². The van der Waals surface area contributed by atoms with Crippen LogP contribution in [0.5, 0.6) is 0 Å². The van der Waals surface area contributed by atoms with Gasteiger partial charge in [0.1, 0.15) is 11.9 Å². The quantitative estimate of drug-likeness (QED) is 0.762. The van der Waals surface area contributed by atoms with Crippen LogP contribution < -0.4 is 5.32 Å². The highest BCUT2D eigenvalue weighted by Gasteiger charge is 2.33. The van der Waals surface area contributed by atoms with Gasteiger partial charge in [0, 0.05) is 32.1 Å². The number of hydrogen-bond acceptors (Lipinski definition) is 4. The molecule has 0 bridgehead atoms. The van der Waals surface area contributed by atoms with Crippen LogP contribution >= 0.6 is 0 Å². The van der Waals surface area contributed by atoms with Gasteiger partial charge < -0.3 is 10.2 Å². The largest absolute Gasteiger partial charge is 0.344 e. The van der Waals surface area contributed by atoms with Gasteiger partial charge in [-0.1, -0.05) is 12.8 Å². The average molecular weight is 440 g/mol. The molecule has 0 spiro atoms. The second-order valence-corrected chi connectivity index (χ2v) is 10.0. The van der Waals surface area contributed by atoms with Crippen LogP contribution in [0.2, 0.25) is 0 Å². The summed E-state index contributed by atoms with van der Waals surface area (Å²) in [5.41, 5.74) is 0. The summed E-state index contributed by atoms with van der Waals surface area (Å²) in [4.78, 5) is 27.1. The summed E-state index contributed by atoms with van der Waals surface area (Å²) >= 11 is 0. The van der Waals surface area contributed by atoms with E-state index in [-0.39, 0.29) is 35.7 Å². The van der Waals surface area contributed by atoms with Crippen molar-refractivity contribution in [1.82, 2.24) is 14.5 Å². The Morgan fingerprint density at radius 1 is 1.00 bits per heavy atom. The lowest BCUT2D eigenvalue weighted by molar-refractivity contribution is -0.137. The van der Waals surface area contributed by atoms with Crippen molar-refractivity contribution in [2.45, 2.75) is 56.4 Å². The number of hydrogen-bond donors (Lipinski definition) is 1. The van der Waals surface area contributed by atoms with E-state index in [9.17, 15) is 22.4 Å². The van der Waals surface area contributed by atoms with Crippen LogP contribution in [0, 0.1) is 11.7 Å². The molecule has 2 saturated heterocycles. The Morgan fingerprint density at radius 2 is 1.57 bits per heavy atom. The van der Waals surface area contributed by atoms with Gasteiger partial charge in [-0.2, -0.15) is 4.31 Å². The zero-order valence-corrected chi connectivity index (χ0v) is 18.2. The summed E-state index contributed by atoms with van der Waals surface area (Å²) in [7, 11) is -3.71. The number of likely N-dealkylation sites (tertiary alicyclic amines) is 1. The Balaban J connectivity index is 1.52. The SMILES string of the molecule is C[C@H](NC(=O)C1CCN(S(=O)(=O)c2ccc(F)cc2)CC1)C(=O)N1CCCCCC1. The Hall–Kier alpha value is -2.00. The van der Waals surface area contributed by atoms with E-state index in [1.165, 1.54) is 16.4 Å². The van der Waals surface area contributed by atoms with Crippen LogP contribution in [0.4, 0.5) is 4.39 Å². The van der Waals surface area contributed by atoms with E-state index in [1.807, 2.05) is 4.90 Å². The predicted molar refractivity (Wildman–Crippen MR) is 111 cm³/mol. The number of nitrogens with one attached hydrogen (secondary N) is 1. The van der Waals surface area contributed by atoms with Crippen molar-refractivity contribution in [1.29, 1.82) is 0 Å². The molecule has 1 N–H and O–H groups in total. The number of rotatable bonds is 5. The lowest BCUT2D eigenvalue weighted by Crippen LogP contribution is -2.50.